The van der Waals surface area contributed by atoms with Crippen molar-refractivity contribution in [3.05, 3.63) is 58.4 Å². The quantitative estimate of drug-likeness (QED) is 0.634. The topological polar surface area (TPSA) is 48.3 Å². The van der Waals surface area contributed by atoms with E-state index in [-0.39, 0.29) is 17.7 Å². The molecule has 0 amide bonds. The molecule has 0 aliphatic carbocycles. The Morgan fingerprint density at radius 2 is 2.04 bits per heavy atom. The smallest absolute Gasteiger partial charge is 0.314 e. The van der Waals surface area contributed by atoms with Gasteiger partial charge in [0.2, 0.25) is 5.78 Å². The van der Waals surface area contributed by atoms with Gasteiger partial charge in [0, 0.05) is 22.8 Å². The Morgan fingerprint density at radius 3 is 2.78 bits per heavy atom. The predicted octanol–water partition coefficient (Wildman–Crippen LogP) is 3.81. The molecular weight excluding hydrogens is 314 g/mol. The first-order chi connectivity index (χ1) is 11.1. The van der Waals surface area contributed by atoms with Gasteiger partial charge in [-0.25, -0.2) is 0 Å². The molecule has 2 heterocycles. The molecule has 2 aromatic rings. The number of benzene rings is 1. The van der Waals surface area contributed by atoms with Gasteiger partial charge in [-0.1, -0.05) is 30.2 Å². The number of hydrogen-bond donors (Lipinski definition) is 0. The van der Waals surface area contributed by atoms with E-state index < -0.39 is 0 Å². The lowest BCUT2D eigenvalue weighted by molar-refractivity contribution is -0.142. The minimum Gasteiger partial charge on any atom is -0.469 e. The molecular formula is C18H18ClNO3. The van der Waals surface area contributed by atoms with Crippen molar-refractivity contribution in [1.29, 1.82) is 0 Å². The third-order valence-electron chi connectivity index (χ3n) is 4.30. The number of halogens is 1. The Labute approximate surface area is 140 Å². The van der Waals surface area contributed by atoms with Gasteiger partial charge in [-0.2, -0.15) is 0 Å². The van der Waals surface area contributed by atoms with E-state index in [0.29, 0.717) is 16.3 Å². The summed E-state index contributed by atoms with van der Waals surface area (Å²) in [5.41, 5.74) is 2.01. The molecule has 1 aliphatic rings. The Hall–Kier alpha value is -2.07. The van der Waals surface area contributed by atoms with Crippen LogP contribution in [0, 0.1) is 0 Å². The van der Waals surface area contributed by atoms with Gasteiger partial charge in [0.05, 0.1) is 18.7 Å². The molecule has 5 heteroatoms. The second-order valence-corrected chi connectivity index (χ2v) is 6.14. The van der Waals surface area contributed by atoms with E-state index in [1.165, 1.54) is 7.11 Å². The van der Waals surface area contributed by atoms with Crippen molar-refractivity contribution < 1.29 is 14.3 Å². The van der Waals surface area contributed by atoms with Crippen LogP contribution in [0.5, 0.6) is 0 Å². The van der Waals surface area contributed by atoms with Gasteiger partial charge in [0.1, 0.15) is 0 Å². The fourth-order valence-electron chi connectivity index (χ4n) is 3.16. The van der Waals surface area contributed by atoms with Crippen molar-refractivity contribution in [2.75, 3.05) is 7.11 Å². The Balaban J connectivity index is 2.01. The number of rotatable bonds is 3. The zero-order chi connectivity index (χ0) is 16.4. The largest absolute Gasteiger partial charge is 0.469 e. The number of carbonyl (C=O) groups is 2. The summed E-state index contributed by atoms with van der Waals surface area (Å²) in [6.07, 6.45) is 2.62. The molecule has 0 saturated carbocycles. The summed E-state index contributed by atoms with van der Waals surface area (Å²) < 4.78 is 6.87. The molecule has 0 saturated heterocycles. The average molecular weight is 332 g/mol. The number of fused-ring (bicyclic) bond motifs is 1. The molecule has 1 aromatic heterocycles. The van der Waals surface area contributed by atoms with Crippen LogP contribution in [0.15, 0.2) is 36.4 Å². The maximum Gasteiger partial charge on any atom is 0.314 e. The highest BCUT2D eigenvalue weighted by Crippen LogP contribution is 2.30. The lowest BCUT2D eigenvalue weighted by atomic mass is 10.00. The zero-order valence-electron chi connectivity index (χ0n) is 12.9. The van der Waals surface area contributed by atoms with Gasteiger partial charge >= 0.3 is 5.97 Å². The highest BCUT2D eigenvalue weighted by Gasteiger charge is 2.29. The summed E-state index contributed by atoms with van der Waals surface area (Å²) in [5, 5.41) is 0.533. The molecule has 120 valence electrons. The first kappa shape index (κ1) is 15.8. The fraction of sp³-hybridized carbons (Fsp3) is 0.333. The van der Waals surface area contributed by atoms with E-state index >= 15 is 0 Å². The van der Waals surface area contributed by atoms with Crippen molar-refractivity contribution in [2.45, 2.75) is 31.7 Å². The van der Waals surface area contributed by atoms with Crippen molar-refractivity contribution in [1.82, 2.24) is 4.57 Å². The van der Waals surface area contributed by atoms with Crippen molar-refractivity contribution in [3.63, 3.8) is 0 Å². The van der Waals surface area contributed by atoms with E-state index in [9.17, 15) is 9.59 Å². The van der Waals surface area contributed by atoms with Crippen molar-refractivity contribution in [3.8, 4) is 0 Å². The van der Waals surface area contributed by atoms with Crippen LogP contribution in [-0.4, -0.2) is 23.4 Å². The number of carbonyl (C=O) groups excluding carboxylic acids is 2. The molecule has 3 rings (SSSR count). The Morgan fingerprint density at radius 1 is 1.22 bits per heavy atom. The summed E-state index contributed by atoms with van der Waals surface area (Å²) in [7, 11) is 1.40. The van der Waals surface area contributed by atoms with Crippen LogP contribution in [0.2, 0.25) is 5.02 Å². The van der Waals surface area contributed by atoms with Crippen molar-refractivity contribution in [2.24, 2.45) is 0 Å². The van der Waals surface area contributed by atoms with Crippen LogP contribution < -0.4 is 0 Å². The standard InChI is InChI=1S/C18H18ClNO3/c1-23-18(22)14-7-2-3-10-20-15(14)8-9-16(20)17(21)12-5-4-6-13(19)11-12/h4-6,8-9,11,14H,2-3,7,10H2,1H3. The Bertz CT molecular complexity index is 750. The summed E-state index contributed by atoms with van der Waals surface area (Å²) in [6, 6.07) is 10.6. The number of aromatic nitrogens is 1. The Kier molecular flexibility index (Phi) is 4.53. The summed E-state index contributed by atoms with van der Waals surface area (Å²) >= 11 is 5.98. The first-order valence-corrected chi connectivity index (χ1v) is 8.07. The summed E-state index contributed by atoms with van der Waals surface area (Å²) in [4.78, 5) is 24.8. The highest BCUT2D eigenvalue weighted by atomic mass is 35.5. The molecule has 1 aliphatic heterocycles. The van der Waals surface area contributed by atoms with Gasteiger partial charge in [0.15, 0.2) is 0 Å². The van der Waals surface area contributed by atoms with Gasteiger partial charge in [-0.15, -0.1) is 0 Å². The van der Waals surface area contributed by atoms with E-state index in [2.05, 4.69) is 0 Å². The second kappa shape index (κ2) is 6.59. The minimum atomic E-state index is -0.302. The maximum absolute atomic E-state index is 12.8. The summed E-state index contributed by atoms with van der Waals surface area (Å²) in [5.74, 6) is -0.624. The number of hydrogen-bond acceptors (Lipinski definition) is 3. The van der Waals surface area contributed by atoms with E-state index in [0.717, 1.165) is 31.5 Å². The molecule has 1 atom stereocenters. The monoisotopic (exact) mass is 331 g/mol. The molecule has 23 heavy (non-hydrogen) atoms. The van der Waals surface area contributed by atoms with E-state index in [1.807, 2.05) is 10.6 Å². The van der Waals surface area contributed by atoms with Crippen LogP contribution in [0.3, 0.4) is 0 Å². The van der Waals surface area contributed by atoms with E-state index in [4.69, 9.17) is 16.3 Å². The van der Waals surface area contributed by atoms with Crippen LogP contribution in [-0.2, 0) is 16.1 Å². The zero-order valence-corrected chi connectivity index (χ0v) is 13.7. The van der Waals surface area contributed by atoms with Crippen LogP contribution in [0.1, 0.15) is 46.9 Å². The predicted molar refractivity (Wildman–Crippen MR) is 87.9 cm³/mol. The molecule has 0 spiro atoms. The second-order valence-electron chi connectivity index (χ2n) is 5.71. The van der Waals surface area contributed by atoms with Gasteiger partial charge in [-0.05, 0) is 37.1 Å². The third kappa shape index (κ3) is 3.04. The van der Waals surface area contributed by atoms with Crippen LogP contribution >= 0.6 is 11.6 Å². The van der Waals surface area contributed by atoms with Crippen LogP contribution in [0.25, 0.3) is 0 Å². The van der Waals surface area contributed by atoms with Gasteiger partial charge in [-0.3, -0.25) is 9.59 Å². The number of nitrogens with zero attached hydrogens (tertiary/aromatic N) is 1. The van der Waals surface area contributed by atoms with Gasteiger partial charge in [0.25, 0.3) is 0 Å². The number of esters is 1. The van der Waals surface area contributed by atoms with Crippen LogP contribution in [0.4, 0.5) is 0 Å². The minimum absolute atomic E-state index is 0.0794. The molecule has 0 fully saturated rings. The van der Waals surface area contributed by atoms with Gasteiger partial charge < -0.3 is 9.30 Å². The molecule has 4 nitrogen and oxygen atoms in total. The lowest BCUT2D eigenvalue weighted by Gasteiger charge is -2.15. The number of methoxy groups -OCH3 is 1. The molecule has 1 unspecified atom stereocenters. The molecule has 0 N–H and O–H groups in total. The lowest BCUT2D eigenvalue weighted by Crippen LogP contribution is -2.18. The highest BCUT2D eigenvalue weighted by molar-refractivity contribution is 6.31. The third-order valence-corrected chi connectivity index (χ3v) is 4.54. The average Bonchev–Trinajstić information content (AvgIpc) is 2.86. The first-order valence-electron chi connectivity index (χ1n) is 7.69. The molecule has 1 aromatic carbocycles. The number of ketones is 1. The molecule has 0 radical (unpaired) electrons. The van der Waals surface area contributed by atoms with E-state index in [1.54, 1.807) is 30.3 Å². The SMILES string of the molecule is COC(=O)C1CCCCn2c(C(=O)c3cccc(Cl)c3)ccc21. The number of ether oxygens (including phenoxy) is 1. The molecule has 0 bridgehead atoms. The van der Waals surface area contributed by atoms with Crippen molar-refractivity contribution >= 4 is 23.4 Å². The maximum atomic E-state index is 12.8. The fourth-order valence-corrected chi connectivity index (χ4v) is 3.35. The summed E-state index contributed by atoms with van der Waals surface area (Å²) in [6.45, 7) is 0.734. The normalized spacial score (nSPS) is 17.2.